The molecule has 3 rings (SSSR count). The van der Waals surface area contributed by atoms with Crippen LogP contribution >= 0.6 is 0 Å². The molecule has 0 radical (unpaired) electrons. The normalized spacial score (nSPS) is 10.8. The summed E-state index contributed by atoms with van der Waals surface area (Å²) in [5.74, 6) is 0.299. The topological polar surface area (TPSA) is 42.6 Å². The summed E-state index contributed by atoms with van der Waals surface area (Å²) in [5.41, 5.74) is 0.995. The number of halogens is 1. The van der Waals surface area contributed by atoms with E-state index in [0.717, 1.165) is 5.56 Å². The van der Waals surface area contributed by atoms with Gasteiger partial charge in [0.05, 0.1) is 6.26 Å². The van der Waals surface area contributed by atoms with E-state index in [4.69, 9.17) is 9.15 Å². The van der Waals surface area contributed by atoms with Gasteiger partial charge in [-0.2, -0.15) is 0 Å². The Morgan fingerprint density at radius 2 is 2.00 bits per heavy atom. The van der Waals surface area contributed by atoms with Crippen molar-refractivity contribution in [2.75, 3.05) is 0 Å². The Hall–Kier alpha value is -2.49. The van der Waals surface area contributed by atoms with E-state index in [-0.39, 0.29) is 23.8 Å². The maximum absolute atomic E-state index is 13.4. The fraction of sp³-hybridized carbons (Fsp3) is 0.0667. The van der Waals surface area contributed by atoms with Gasteiger partial charge in [0, 0.05) is 17.0 Å². The van der Waals surface area contributed by atoms with Gasteiger partial charge in [-0.05, 0) is 18.2 Å². The lowest BCUT2D eigenvalue weighted by Gasteiger charge is -2.05. The summed E-state index contributed by atoms with van der Waals surface area (Å²) in [6.07, 6.45) is 1.48. The lowest BCUT2D eigenvalue weighted by Crippen LogP contribution is -1.94. The summed E-state index contributed by atoms with van der Waals surface area (Å²) < 4.78 is 24.2. The third kappa shape index (κ3) is 2.25. The number of furan rings is 1. The molecule has 0 atom stereocenters. The van der Waals surface area contributed by atoms with Crippen molar-refractivity contribution in [1.82, 2.24) is 0 Å². The highest BCUT2D eigenvalue weighted by molar-refractivity contribution is 5.81. The van der Waals surface area contributed by atoms with Crippen molar-refractivity contribution in [2.24, 2.45) is 0 Å². The number of fused-ring (bicyclic) bond motifs is 1. The molecular formula is C15H11FO3. The summed E-state index contributed by atoms with van der Waals surface area (Å²) in [4.78, 5) is 0. The van der Waals surface area contributed by atoms with Crippen LogP contribution in [-0.2, 0) is 6.61 Å². The summed E-state index contributed by atoms with van der Waals surface area (Å²) in [6.45, 7) is 0.250. The minimum atomic E-state index is -0.388. The van der Waals surface area contributed by atoms with Crippen LogP contribution in [0.25, 0.3) is 11.0 Å². The van der Waals surface area contributed by atoms with E-state index >= 15 is 0 Å². The van der Waals surface area contributed by atoms with Crippen LogP contribution in [0.3, 0.4) is 0 Å². The first kappa shape index (κ1) is 11.6. The minimum Gasteiger partial charge on any atom is -0.508 e. The number of benzene rings is 2. The summed E-state index contributed by atoms with van der Waals surface area (Å²) in [7, 11) is 0. The third-order valence-electron chi connectivity index (χ3n) is 2.84. The second-order valence-corrected chi connectivity index (χ2v) is 4.16. The second-order valence-electron chi connectivity index (χ2n) is 4.16. The van der Waals surface area contributed by atoms with Gasteiger partial charge < -0.3 is 14.3 Å². The van der Waals surface area contributed by atoms with Crippen LogP contribution in [0.15, 0.2) is 53.1 Å². The van der Waals surface area contributed by atoms with Crippen molar-refractivity contribution in [1.29, 1.82) is 0 Å². The molecule has 0 unspecified atom stereocenters. The molecule has 0 spiro atoms. The molecule has 0 saturated heterocycles. The van der Waals surface area contributed by atoms with Crippen molar-refractivity contribution in [3.63, 3.8) is 0 Å². The van der Waals surface area contributed by atoms with Crippen LogP contribution in [0.4, 0.5) is 4.39 Å². The molecule has 0 amide bonds. The second kappa shape index (κ2) is 4.65. The fourth-order valence-electron chi connectivity index (χ4n) is 1.92. The van der Waals surface area contributed by atoms with E-state index in [1.165, 1.54) is 18.4 Å². The molecule has 1 heterocycles. The molecule has 0 aliphatic heterocycles. The smallest absolute Gasteiger partial charge is 0.169 e. The van der Waals surface area contributed by atoms with Gasteiger partial charge in [0.25, 0.3) is 0 Å². The number of phenolic OH excluding ortho intramolecular Hbond substituents is 1. The molecule has 0 aliphatic rings. The highest BCUT2D eigenvalue weighted by Crippen LogP contribution is 2.25. The van der Waals surface area contributed by atoms with Crippen molar-refractivity contribution in [3.05, 3.63) is 60.1 Å². The zero-order chi connectivity index (χ0) is 13.2. The summed E-state index contributed by atoms with van der Waals surface area (Å²) in [5, 5.41) is 10.0. The van der Waals surface area contributed by atoms with E-state index in [1.807, 2.05) is 0 Å². The van der Waals surface area contributed by atoms with Crippen LogP contribution in [0.5, 0.6) is 11.5 Å². The average molecular weight is 258 g/mol. The molecular weight excluding hydrogens is 247 g/mol. The Morgan fingerprint density at radius 3 is 2.84 bits per heavy atom. The molecule has 96 valence electrons. The van der Waals surface area contributed by atoms with Crippen molar-refractivity contribution < 1.29 is 18.7 Å². The lowest BCUT2D eigenvalue weighted by atomic mass is 10.2. The maximum Gasteiger partial charge on any atom is 0.169 e. The van der Waals surface area contributed by atoms with E-state index in [0.29, 0.717) is 11.1 Å². The molecule has 2 aromatic carbocycles. The Balaban J connectivity index is 1.84. The number of aromatic hydroxyl groups is 1. The van der Waals surface area contributed by atoms with E-state index in [2.05, 4.69) is 0 Å². The standard InChI is InChI=1S/C15H11FO3/c16-14-6-2-5-13-10(9-19-15(13)14)8-18-12-4-1-3-11(17)7-12/h1-7,9,17H,8H2. The number of hydrogen-bond donors (Lipinski definition) is 1. The van der Waals surface area contributed by atoms with Gasteiger partial charge in [-0.25, -0.2) is 4.39 Å². The highest BCUT2D eigenvalue weighted by Gasteiger charge is 2.10. The van der Waals surface area contributed by atoms with Gasteiger partial charge in [-0.3, -0.25) is 0 Å². The summed E-state index contributed by atoms with van der Waals surface area (Å²) >= 11 is 0. The zero-order valence-corrected chi connectivity index (χ0v) is 9.97. The molecule has 3 nitrogen and oxygen atoms in total. The molecule has 0 aliphatic carbocycles. The van der Waals surface area contributed by atoms with Crippen LogP contribution < -0.4 is 4.74 Å². The van der Waals surface area contributed by atoms with E-state index < -0.39 is 0 Å². The van der Waals surface area contributed by atoms with Crippen molar-refractivity contribution in [3.8, 4) is 11.5 Å². The third-order valence-corrected chi connectivity index (χ3v) is 2.84. The molecule has 0 bridgehead atoms. The Kier molecular flexibility index (Phi) is 2.83. The number of para-hydroxylation sites is 1. The number of phenols is 1. The van der Waals surface area contributed by atoms with E-state index in [9.17, 15) is 9.50 Å². The van der Waals surface area contributed by atoms with Gasteiger partial charge in [0.15, 0.2) is 11.4 Å². The first-order valence-corrected chi connectivity index (χ1v) is 5.80. The van der Waals surface area contributed by atoms with Crippen LogP contribution in [0.1, 0.15) is 5.56 Å². The largest absolute Gasteiger partial charge is 0.508 e. The SMILES string of the molecule is Oc1cccc(OCc2coc3c(F)cccc23)c1. The number of rotatable bonds is 3. The Morgan fingerprint density at radius 1 is 1.16 bits per heavy atom. The van der Waals surface area contributed by atoms with Crippen LogP contribution in [0.2, 0.25) is 0 Å². The van der Waals surface area contributed by atoms with E-state index in [1.54, 1.807) is 30.3 Å². The molecule has 19 heavy (non-hydrogen) atoms. The molecule has 1 N–H and O–H groups in total. The minimum absolute atomic E-state index is 0.139. The predicted molar refractivity (Wildman–Crippen MR) is 68.6 cm³/mol. The van der Waals surface area contributed by atoms with Gasteiger partial charge in [0.2, 0.25) is 0 Å². The Labute approximate surface area is 108 Å². The average Bonchev–Trinajstić information content (AvgIpc) is 2.81. The fourth-order valence-corrected chi connectivity index (χ4v) is 1.92. The number of hydrogen-bond acceptors (Lipinski definition) is 3. The van der Waals surface area contributed by atoms with Gasteiger partial charge >= 0.3 is 0 Å². The molecule has 3 aromatic rings. The number of ether oxygens (including phenoxy) is 1. The zero-order valence-electron chi connectivity index (χ0n) is 9.97. The lowest BCUT2D eigenvalue weighted by molar-refractivity contribution is 0.304. The van der Waals surface area contributed by atoms with Gasteiger partial charge in [-0.15, -0.1) is 0 Å². The van der Waals surface area contributed by atoms with Crippen molar-refractivity contribution in [2.45, 2.75) is 6.61 Å². The first-order chi connectivity index (χ1) is 9.24. The van der Waals surface area contributed by atoms with Gasteiger partial charge in [0.1, 0.15) is 18.1 Å². The maximum atomic E-state index is 13.4. The molecule has 0 fully saturated rings. The predicted octanol–water partition coefficient (Wildman–Crippen LogP) is 3.86. The molecule has 0 saturated carbocycles. The molecule has 1 aromatic heterocycles. The van der Waals surface area contributed by atoms with Crippen molar-refractivity contribution >= 4 is 11.0 Å². The first-order valence-electron chi connectivity index (χ1n) is 5.80. The highest BCUT2D eigenvalue weighted by atomic mass is 19.1. The monoisotopic (exact) mass is 258 g/mol. The summed E-state index contributed by atoms with van der Waals surface area (Å²) in [6, 6.07) is 11.3. The Bertz CT molecular complexity index is 718. The van der Waals surface area contributed by atoms with Crippen LogP contribution in [0, 0.1) is 5.82 Å². The van der Waals surface area contributed by atoms with Crippen LogP contribution in [-0.4, -0.2) is 5.11 Å². The molecule has 4 heteroatoms. The quantitative estimate of drug-likeness (QED) is 0.775. The van der Waals surface area contributed by atoms with Gasteiger partial charge in [-0.1, -0.05) is 18.2 Å².